The number of ether oxygens (including phenoxy) is 3. The van der Waals surface area contributed by atoms with Crippen molar-refractivity contribution >= 4 is 16.5 Å². The van der Waals surface area contributed by atoms with Gasteiger partial charge in [-0.15, -0.1) is 0 Å². The second kappa shape index (κ2) is 19.9. The fraction of sp³-hybridized carbons (Fsp3) is 0.486. The molecule has 0 spiro atoms. The lowest BCUT2D eigenvalue weighted by Gasteiger charge is -2.40. The zero-order valence-corrected chi connectivity index (χ0v) is 27.7. The number of carbonyl (C=O) groups is 1. The molecule has 0 heterocycles. The fourth-order valence-corrected chi connectivity index (χ4v) is 8.23. The summed E-state index contributed by atoms with van der Waals surface area (Å²) in [6.45, 7) is 8.15. The van der Waals surface area contributed by atoms with Gasteiger partial charge in [-0.1, -0.05) is 115 Å². The van der Waals surface area contributed by atoms with E-state index in [0.717, 1.165) is 80.4 Å². The van der Waals surface area contributed by atoms with Gasteiger partial charge in [-0.25, -0.2) is 4.79 Å². The summed E-state index contributed by atoms with van der Waals surface area (Å²) >= 11 is 0. The highest BCUT2D eigenvalue weighted by atomic mass is 32.3. The summed E-state index contributed by atoms with van der Waals surface area (Å²) in [6, 6.07) is 23.0. The summed E-state index contributed by atoms with van der Waals surface area (Å²) in [4.78, 5) is 14.7. The van der Waals surface area contributed by atoms with Crippen LogP contribution in [0.2, 0.25) is 0 Å². The molecule has 6 nitrogen and oxygen atoms in total. The Labute approximate surface area is 266 Å². The number of unbranched alkanes of at least 4 members (excludes halogenated alkanes) is 9. The van der Waals surface area contributed by atoms with Gasteiger partial charge in [0.05, 0.1) is 19.8 Å². The Balaban J connectivity index is 2.23. The van der Waals surface area contributed by atoms with Crippen LogP contribution in [0.3, 0.4) is 0 Å². The monoisotopic (exact) mass is 624 g/mol. The molecule has 0 saturated heterocycles. The summed E-state index contributed by atoms with van der Waals surface area (Å²) in [6.07, 6.45) is 11.5. The van der Waals surface area contributed by atoms with E-state index in [1.165, 1.54) is 6.42 Å². The highest BCUT2D eigenvalue weighted by Gasteiger charge is 2.41. The first kappa shape index (κ1) is 35.2. The molecule has 3 aromatic carbocycles. The lowest BCUT2D eigenvalue weighted by Crippen LogP contribution is -2.15. The molecule has 3 rings (SSSR count). The first-order valence-corrected chi connectivity index (χ1v) is 18.0. The third-order valence-corrected chi connectivity index (χ3v) is 10.6. The van der Waals surface area contributed by atoms with Crippen molar-refractivity contribution in [2.45, 2.75) is 113 Å². The van der Waals surface area contributed by atoms with Gasteiger partial charge in [0.15, 0.2) is 0 Å². The van der Waals surface area contributed by atoms with Crippen molar-refractivity contribution in [3.05, 3.63) is 72.8 Å². The van der Waals surface area contributed by atoms with Gasteiger partial charge in [0.1, 0.15) is 22.1 Å². The van der Waals surface area contributed by atoms with E-state index in [4.69, 9.17) is 18.4 Å². The van der Waals surface area contributed by atoms with Gasteiger partial charge >= 0.3 is 6.16 Å². The lowest BCUT2D eigenvalue weighted by atomic mass is 10.2. The highest BCUT2D eigenvalue weighted by molar-refractivity contribution is 8.30. The van der Waals surface area contributed by atoms with Crippen LogP contribution in [-0.2, 0) is 4.18 Å². The molecule has 242 valence electrons. The molecule has 0 aliphatic heterocycles. The van der Waals surface area contributed by atoms with Crippen molar-refractivity contribution < 1.29 is 28.3 Å². The standard InChI is InChI=1S/C37H52O6S/c1-4-7-10-19-26-40-31-29-34(41-27-20-11-8-5-2)36(35(30-31)42-28-21-12-9-6-3)44(43-37(38)39,32-22-15-13-16-23-32)33-24-17-14-18-25-33/h13-18,22-25,29-30H,4-12,19-21,26-28H2,1-3H3,(H,38,39). The summed E-state index contributed by atoms with van der Waals surface area (Å²) < 4.78 is 25.6. The normalized spacial score (nSPS) is 11.6. The second-order valence-corrected chi connectivity index (χ2v) is 13.6. The number of benzene rings is 3. The molecule has 0 atom stereocenters. The molecule has 0 fully saturated rings. The zero-order valence-electron chi connectivity index (χ0n) is 26.9. The van der Waals surface area contributed by atoms with E-state index in [1.807, 2.05) is 72.8 Å². The summed E-state index contributed by atoms with van der Waals surface area (Å²) in [5.41, 5.74) is 0. The van der Waals surface area contributed by atoms with Crippen LogP contribution in [0.25, 0.3) is 0 Å². The first-order chi connectivity index (χ1) is 21.6. The quantitative estimate of drug-likeness (QED) is 0.112. The summed E-state index contributed by atoms with van der Waals surface area (Å²) in [7, 11) is -2.84. The molecule has 1 N–H and O–H groups in total. The minimum absolute atomic E-state index is 0.495. The molecule has 7 heteroatoms. The SMILES string of the molecule is CCCCCCOc1cc(OCCCCCC)c(S(OC(=O)O)(c2ccccc2)c2ccccc2)c(OCCCCCC)c1. The number of hydrogen-bond acceptors (Lipinski definition) is 5. The largest absolute Gasteiger partial charge is 0.517 e. The van der Waals surface area contributed by atoms with Crippen LogP contribution in [0.15, 0.2) is 87.5 Å². The molecule has 0 aromatic heterocycles. The van der Waals surface area contributed by atoms with E-state index in [-0.39, 0.29) is 0 Å². The molecular weight excluding hydrogens is 572 g/mol. The third kappa shape index (κ3) is 10.4. The minimum atomic E-state index is -2.84. The Morgan fingerprint density at radius 3 is 1.39 bits per heavy atom. The van der Waals surface area contributed by atoms with E-state index < -0.39 is 16.5 Å². The van der Waals surface area contributed by atoms with Crippen molar-refractivity contribution in [1.29, 1.82) is 0 Å². The molecule has 0 aliphatic rings. The van der Waals surface area contributed by atoms with Crippen LogP contribution in [0.5, 0.6) is 17.2 Å². The van der Waals surface area contributed by atoms with Gasteiger partial charge < -0.3 is 23.5 Å². The maximum absolute atomic E-state index is 12.6. The van der Waals surface area contributed by atoms with Gasteiger partial charge in [0.2, 0.25) is 0 Å². The van der Waals surface area contributed by atoms with Gasteiger partial charge in [-0.05, 0) is 43.5 Å². The molecule has 3 aromatic rings. The highest BCUT2D eigenvalue weighted by Crippen LogP contribution is 2.73. The zero-order chi connectivity index (χ0) is 31.5. The van der Waals surface area contributed by atoms with Crippen LogP contribution in [0.4, 0.5) is 4.79 Å². The average molecular weight is 625 g/mol. The molecule has 0 saturated carbocycles. The van der Waals surface area contributed by atoms with Crippen LogP contribution in [0, 0.1) is 0 Å². The molecule has 0 bridgehead atoms. The smallest absolute Gasteiger partial charge is 0.493 e. The van der Waals surface area contributed by atoms with E-state index >= 15 is 0 Å². The van der Waals surface area contributed by atoms with E-state index in [9.17, 15) is 9.90 Å². The fourth-order valence-electron chi connectivity index (χ4n) is 5.12. The number of hydrogen-bond donors (Lipinski definition) is 1. The number of carboxylic acid groups (broad SMARTS) is 1. The van der Waals surface area contributed by atoms with Gasteiger partial charge in [-0.2, -0.15) is 0 Å². The third-order valence-electron chi connectivity index (χ3n) is 7.41. The van der Waals surface area contributed by atoms with Gasteiger partial charge in [0.25, 0.3) is 0 Å². The number of rotatable bonds is 22. The van der Waals surface area contributed by atoms with E-state index in [0.29, 0.717) is 42.0 Å². The van der Waals surface area contributed by atoms with Crippen molar-refractivity contribution in [3.8, 4) is 17.2 Å². The minimum Gasteiger partial charge on any atom is -0.493 e. The Morgan fingerprint density at radius 2 is 1.00 bits per heavy atom. The summed E-state index contributed by atoms with van der Waals surface area (Å²) in [5.74, 6) is 1.74. The Kier molecular flexibility index (Phi) is 15.9. The van der Waals surface area contributed by atoms with Gasteiger partial charge in [0, 0.05) is 32.2 Å². The van der Waals surface area contributed by atoms with Gasteiger partial charge in [-0.3, -0.25) is 0 Å². The predicted molar refractivity (Wildman–Crippen MR) is 180 cm³/mol. The first-order valence-electron chi connectivity index (χ1n) is 16.5. The Morgan fingerprint density at radius 1 is 0.591 bits per heavy atom. The Hall–Kier alpha value is -3.32. The van der Waals surface area contributed by atoms with Crippen LogP contribution >= 0.6 is 10.3 Å². The van der Waals surface area contributed by atoms with E-state index in [2.05, 4.69) is 20.8 Å². The van der Waals surface area contributed by atoms with E-state index in [1.54, 1.807) is 0 Å². The average Bonchev–Trinajstić information content (AvgIpc) is 3.04. The lowest BCUT2D eigenvalue weighted by molar-refractivity contribution is 0.150. The van der Waals surface area contributed by atoms with Crippen LogP contribution in [-0.4, -0.2) is 31.1 Å². The van der Waals surface area contributed by atoms with Crippen LogP contribution in [0.1, 0.15) is 97.8 Å². The maximum atomic E-state index is 12.6. The van der Waals surface area contributed by atoms with Crippen LogP contribution < -0.4 is 14.2 Å². The molecule has 44 heavy (non-hydrogen) atoms. The maximum Gasteiger partial charge on any atom is 0.517 e. The van der Waals surface area contributed by atoms with Crippen molar-refractivity contribution in [1.82, 2.24) is 0 Å². The van der Waals surface area contributed by atoms with Crippen molar-refractivity contribution in [3.63, 3.8) is 0 Å². The molecule has 0 aliphatic carbocycles. The second-order valence-electron chi connectivity index (χ2n) is 11.0. The molecule has 0 unspecified atom stereocenters. The molecule has 0 radical (unpaired) electrons. The predicted octanol–water partition coefficient (Wildman–Crippen LogP) is 11.5. The molecular formula is C37H52O6S. The summed E-state index contributed by atoms with van der Waals surface area (Å²) in [5, 5.41) is 10.3. The topological polar surface area (TPSA) is 74.2 Å². The van der Waals surface area contributed by atoms with Crippen molar-refractivity contribution in [2.24, 2.45) is 0 Å². The van der Waals surface area contributed by atoms with Crippen molar-refractivity contribution in [2.75, 3.05) is 19.8 Å². The molecule has 0 amide bonds. The Bertz CT molecular complexity index is 1140.